The van der Waals surface area contributed by atoms with Crippen molar-refractivity contribution in [3.8, 4) is 0 Å². The summed E-state index contributed by atoms with van der Waals surface area (Å²) < 4.78 is 0. The van der Waals surface area contributed by atoms with Crippen LogP contribution < -0.4 is 16.0 Å². The van der Waals surface area contributed by atoms with Gasteiger partial charge in [0.2, 0.25) is 5.91 Å². The van der Waals surface area contributed by atoms with Gasteiger partial charge < -0.3 is 16.0 Å². The van der Waals surface area contributed by atoms with Gasteiger partial charge in [-0.3, -0.25) is 4.79 Å². The molecule has 0 radical (unpaired) electrons. The van der Waals surface area contributed by atoms with Crippen molar-refractivity contribution < 1.29 is 4.79 Å². The van der Waals surface area contributed by atoms with Crippen LogP contribution in [0.2, 0.25) is 0 Å². The number of amides is 1. The van der Waals surface area contributed by atoms with Crippen molar-refractivity contribution in [2.24, 2.45) is 4.99 Å². The molecule has 5 nitrogen and oxygen atoms in total. The van der Waals surface area contributed by atoms with Gasteiger partial charge in [0, 0.05) is 18.6 Å². The van der Waals surface area contributed by atoms with Gasteiger partial charge >= 0.3 is 0 Å². The predicted octanol–water partition coefficient (Wildman–Crippen LogP) is 2.71. The van der Waals surface area contributed by atoms with E-state index in [0.717, 1.165) is 25.9 Å². The number of carbonyl (C=O) groups excluding carboxylic acids is 1. The quantitative estimate of drug-likeness (QED) is 0.261. The molecule has 136 valence electrons. The van der Waals surface area contributed by atoms with E-state index in [0.29, 0.717) is 5.96 Å². The van der Waals surface area contributed by atoms with E-state index < -0.39 is 0 Å². The van der Waals surface area contributed by atoms with Gasteiger partial charge in [0.05, 0.1) is 0 Å². The maximum absolute atomic E-state index is 11.8. The lowest BCUT2D eigenvalue weighted by Crippen LogP contribution is -2.43. The highest BCUT2D eigenvalue weighted by Crippen LogP contribution is 2.01. The van der Waals surface area contributed by atoms with Gasteiger partial charge in [-0.15, -0.1) is 24.0 Å². The van der Waals surface area contributed by atoms with Crippen LogP contribution in [0.5, 0.6) is 0 Å². The Bertz CT molecular complexity index is 497. The number of guanidine groups is 1. The van der Waals surface area contributed by atoms with Crippen molar-refractivity contribution in [2.75, 3.05) is 19.6 Å². The molecule has 0 heterocycles. The van der Waals surface area contributed by atoms with Crippen LogP contribution in [0.25, 0.3) is 0 Å². The molecule has 0 fully saturated rings. The lowest BCUT2D eigenvalue weighted by molar-refractivity contribution is -0.121. The van der Waals surface area contributed by atoms with Gasteiger partial charge in [-0.2, -0.15) is 0 Å². The molecular weight excluding hydrogens is 415 g/mol. The number of aryl methyl sites for hydroxylation is 1. The summed E-state index contributed by atoms with van der Waals surface area (Å²) in [6.45, 7) is 9.61. The Morgan fingerprint density at radius 1 is 1.12 bits per heavy atom. The molecule has 0 saturated carbocycles. The number of hydrogen-bond acceptors (Lipinski definition) is 2. The minimum atomic E-state index is -0.228. The Morgan fingerprint density at radius 2 is 1.79 bits per heavy atom. The molecule has 24 heavy (non-hydrogen) atoms. The smallest absolute Gasteiger partial charge is 0.242 e. The van der Waals surface area contributed by atoms with Gasteiger partial charge in [0.25, 0.3) is 0 Å². The molecule has 6 heteroatoms. The molecule has 0 aromatic heterocycles. The zero-order valence-electron chi connectivity index (χ0n) is 15.2. The summed E-state index contributed by atoms with van der Waals surface area (Å²) in [5, 5.41) is 9.33. The van der Waals surface area contributed by atoms with E-state index in [2.05, 4.69) is 45.2 Å². The standard InChI is InChI=1S/C18H30N4O.HI/c1-5-19-17(21-14-16(23)22-18(2,3)4)20-13-9-12-15-10-7-6-8-11-15;/h6-8,10-11H,5,9,12-14H2,1-4H3,(H,22,23)(H2,19,20,21);1H. The normalized spacial score (nSPS) is 11.4. The van der Waals surface area contributed by atoms with Crippen LogP contribution in [0.1, 0.15) is 39.7 Å². The molecular formula is C18H31IN4O. The van der Waals surface area contributed by atoms with Crippen LogP contribution in [-0.4, -0.2) is 37.0 Å². The molecule has 1 rings (SSSR count). The number of nitrogens with zero attached hydrogens (tertiary/aromatic N) is 1. The van der Waals surface area contributed by atoms with Gasteiger partial charge in [-0.25, -0.2) is 4.99 Å². The van der Waals surface area contributed by atoms with Crippen LogP contribution in [-0.2, 0) is 11.2 Å². The van der Waals surface area contributed by atoms with Crippen LogP contribution in [0.15, 0.2) is 35.3 Å². The van der Waals surface area contributed by atoms with E-state index in [1.807, 2.05) is 33.8 Å². The van der Waals surface area contributed by atoms with Crippen molar-refractivity contribution in [3.05, 3.63) is 35.9 Å². The Kier molecular flexibility index (Phi) is 11.4. The van der Waals surface area contributed by atoms with Crippen LogP contribution in [0, 0.1) is 0 Å². The molecule has 0 aliphatic heterocycles. The predicted molar refractivity (Wildman–Crippen MR) is 112 cm³/mol. The summed E-state index contributed by atoms with van der Waals surface area (Å²) >= 11 is 0. The number of benzene rings is 1. The molecule has 0 unspecified atom stereocenters. The molecule has 3 N–H and O–H groups in total. The summed E-state index contributed by atoms with van der Waals surface area (Å²) in [5.74, 6) is 0.614. The highest BCUT2D eigenvalue weighted by atomic mass is 127. The Labute approximate surface area is 163 Å². The zero-order chi connectivity index (χ0) is 17.1. The average Bonchev–Trinajstić information content (AvgIpc) is 2.48. The fourth-order valence-electron chi connectivity index (χ4n) is 2.09. The van der Waals surface area contributed by atoms with Crippen LogP contribution >= 0.6 is 24.0 Å². The minimum absolute atomic E-state index is 0. The summed E-state index contributed by atoms with van der Waals surface area (Å²) in [6.07, 6.45) is 2.04. The first kappa shape index (κ1) is 22.7. The topological polar surface area (TPSA) is 65.5 Å². The third-order valence-corrected chi connectivity index (χ3v) is 3.02. The Morgan fingerprint density at radius 3 is 2.38 bits per heavy atom. The van der Waals surface area contributed by atoms with Gasteiger partial charge in [-0.1, -0.05) is 30.3 Å². The molecule has 1 amide bonds. The minimum Gasteiger partial charge on any atom is -0.357 e. The molecule has 0 atom stereocenters. The van der Waals surface area contributed by atoms with Crippen molar-refractivity contribution in [1.29, 1.82) is 0 Å². The first-order valence-corrected chi connectivity index (χ1v) is 8.28. The Hall–Kier alpha value is -1.31. The summed E-state index contributed by atoms with van der Waals surface area (Å²) in [5.41, 5.74) is 1.11. The number of hydrogen-bond donors (Lipinski definition) is 3. The molecule has 0 saturated heterocycles. The number of halogens is 1. The van der Waals surface area contributed by atoms with E-state index in [1.165, 1.54) is 5.56 Å². The molecule has 0 aliphatic rings. The molecule has 1 aromatic carbocycles. The second-order valence-corrected chi connectivity index (χ2v) is 6.51. The van der Waals surface area contributed by atoms with Crippen molar-refractivity contribution in [1.82, 2.24) is 16.0 Å². The zero-order valence-corrected chi connectivity index (χ0v) is 17.5. The Balaban J connectivity index is 0.00000529. The van der Waals surface area contributed by atoms with Gasteiger partial charge in [0.15, 0.2) is 5.96 Å². The first-order chi connectivity index (χ1) is 10.9. The second-order valence-electron chi connectivity index (χ2n) is 6.51. The summed E-state index contributed by atoms with van der Waals surface area (Å²) in [6, 6.07) is 10.4. The lowest BCUT2D eigenvalue weighted by Gasteiger charge is -2.20. The van der Waals surface area contributed by atoms with Gasteiger partial charge in [-0.05, 0) is 46.1 Å². The highest BCUT2D eigenvalue weighted by Gasteiger charge is 2.13. The molecule has 0 aliphatic carbocycles. The molecule has 0 bridgehead atoms. The highest BCUT2D eigenvalue weighted by molar-refractivity contribution is 14.0. The van der Waals surface area contributed by atoms with Crippen LogP contribution in [0.4, 0.5) is 0 Å². The van der Waals surface area contributed by atoms with E-state index in [1.54, 1.807) is 0 Å². The second kappa shape index (κ2) is 12.1. The lowest BCUT2D eigenvalue weighted by atomic mass is 10.1. The third-order valence-electron chi connectivity index (χ3n) is 3.02. The number of carbonyl (C=O) groups is 1. The van der Waals surface area contributed by atoms with Gasteiger partial charge in [0.1, 0.15) is 6.54 Å². The molecule has 1 aromatic rings. The van der Waals surface area contributed by atoms with Crippen molar-refractivity contribution >= 4 is 35.8 Å². The maximum Gasteiger partial charge on any atom is 0.242 e. The van der Waals surface area contributed by atoms with E-state index in [4.69, 9.17) is 0 Å². The molecule has 0 spiro atoms. The maximum atomic E-state index is 11.8. The third kappa shape index (κ3) is 11.3. The number of rotatable bonds is 7. The van der Waals surface area contributed by atoms with E-state index in [-0.39, 0.29) is 42.0 Å². The van der Waals surface area contributed by atoms with Crippen molar-refractivity contribution in [3.63, 3.8) is 0 Å². The fourth-order valence-corrected chi connectivity index (χ4v) is 2.09. The van der Waals surface area contributed by atoms with Crippen LogP contribution in [0.3, 0.4) is 0 Å². The average molecular weight is 446 g/mol. The number of aliphatic imine (C=N–C) groups is 1. The summed E-state index contributed by atoms with van der Waals surface area (Å²) in [7, 11) is 0. The largest absolute Gasteiger partial charge is 0.357 e. The first-order valence-electron chi connectivity index (χ1n) is 8.28. The summed E-state index contributed by atoms with van der Waals surface area (Å²) in [4.78, 5) is 16.1. The van der Waals surface area contributed by atoms with E-state index >= 15 is 0 Å². The fraction of sp³-hybridized carbons (Fsp3) is 0.556. The van der Waals surface area contributed by atoms with E-state index in [9.17, 15) is 4.79 Å². The SMILES string of the molecule is CCNC(=NCC(=O)NC(C)(C)C)NCCCc1ccccc1.I. The number of nitrogens with one attached hydrogen (secondary N) is 3. The monoisotopic (exact) mass is 446 g/mol. The van der Waals surface area contributed by atoms with Crippen molar-refractivity contribution in [2.45, 2.75) is 46.1 Å².